The van der Waals surface area contributed by atoms with Crippen LogP contribution in [0.15, 0.2) is 52.3 Å². The highest BCUT2D eigenvalue weighted by molar-refractivity contribution is 8.00. The Kier molecular flexibility index (Phi) is 7.77. The van der Waals surface area contributed by atoms with Gasteiger partial charge in [-0.05, 0) is 49.9 Å². The molecule has 1 unspecified atom stereocenters. The molecule has 2 heterocycles. The number of rotatable bonds is 8. The molecule has 3 rings (SSSR count). The van der Waals surface area contributed by atoms with Gasteiger partial charge in [0.2, 0.25) is 5.91 Å². The molecule has 0 radical (unpaired) electrons. The van der Waals surface area contributed by atoms with E-state index in [2.05, 4.69) is 30.2 Å². The first-order chi connectivity index (χ1) is 15.8. The summed E-state index contributed by atoms with van der Waals surface area (Å²) in [6, 6.07) is 15.1. The average molecular weight is 464 g/mol. The zero-order valence-electron chi connectivity index (χ0n) is 19.6. The van der Waals surface area contributed by atoms with Crippen molar-refractivity contribution in [3.8, 4) is 11.8 Å². The first kappa shape index (κ1) is 24.3. The van der Waals surface area contributed by atoms with Crippen molar-refractivity contribution in [2.24, 2.45) is 13.0 Å². The number of para-hydroxylation sites is 1. The topological polar surface area (TPSA) is 92.7 Å². The molecular weight excluding hydrogens is 434 g/mol. The van der Waals surface area contributed by atoms with Gasteiger partial charge in [0.05, 0.1) is 22.2 Å². The predicted octanol–water partition coefficient (Wildman–Crippen LogP) is 4.46. The van der Waals surface area contributed by atoms with Crippen molar-refractivity contribution in [3.63, 3.8) is 0 Å². The Morgan fingerprint density at radius 3 is 2.52 bits per heavy atom. The maximum absolute atomic E-state index is 13.2. The molecule has 8 heteroatoms. The lowest BCUT2D eigenvalue weighted by Gasteiger charge is -2.15. The minimum Gasteiger partial charge on any atom is -0.319 e. The SMILES string of the molecule is CCC(Sc1nc(CC(C)C)ccc1C#N)C(=O)Nc1c(C)n(C)n(-c2ccccc2)c1=O. The number of nitrogens with zero attached hydrogens (tertiary/aromatic N) is 4. The van der Waals surface area contributed by atoms with E-state index in [1.54, 1.807) is 24.7 Å². The number of benzene rings is 1. The zero-order chi connectivity index (χ0) is 24.1. The van der Waals surface area contributed by atoms with Crippen LogP contribution in [-0.4, -0.2) is 25.5 Å². The average Bonchev–Trinajstić information content (AvgIpc) is 3.00. The minimum atomic E-state index is -0.497. The molecule has 2 aromatic heterocycles. The van der Waals surface area contributed by atoms with Gasteiger partial charge in [0.1, 0.15) is 16.8 Å². The van der Waals surface area contributed by atoms with Crippen LogP contribution >= 0.6 is 11.8 Å². The number of amides is 1. The first-order valence-corrected chi connectivity index (χ1v) is 11.9. The fourth-order valence-electron chi connectivity index (χ4n) is 3.56. The van der Waals surface area contributed by atoms with Crippen LogP contribution in [0.4, 0.5) is 5.69 Å². The normalized spacial score (nSPS) is 11.9. The molecule has 172 valence electrons. The fourth-order valence-corrected chi connectivity index (χ4v) is 4.57. The number of carbonyl (C=O) groups excluding carboxylic acids is 1. The third kappa shape index (κ3) is 5.37. The van der Waals surface area contributed by atoms with Gasteiger partial charge in [-0.2, -0.15) is 5.26 Å². The lowest BCUT2D eigenvalue weighted by atomic mass is 10.1. The molecule has 0 saturated heterocycles. The molecule has 0 aliphatic carbocycles. The van der Waals surface area contributed by atoms with E-state index in [0.29, 0.717) is 28.6 Å². The summed E-state index contributed by atoms with van der Waals surface area (Å²) in [6.45, 7) is 7.93. The van der Waals surface area contributed by atoms with Gasteiger partial charge < -0.3 is 5.32 Å². The molecule has 33 heavy (non-hydrogen) atoms. The fraction of sp³-hybridized carbons (Fsp3) is 0.360. The Morgan fingerprint density at radius 1 is 1.21 bits per heavy atom. The van der Waals surface area contributed by atoms with E-state index >= 15 is 0 Å². The maximum Gasteiger partial charge on any atom is 0.295 e. The van der Waals surface area contributed by atoms with Crippen LogP contribution in [0.25, 0.3) is 5.69 Å². The summed E-state index contributed by atoms with van der Waals surface area (Å²) in [6.07, 6.45) is 1.32. The highest BCUT2D eigenvalue weighted by atomic mass is 32.2. The Hall–Kier alpha value is -3.31. The van der Waals surface area contributed by atoms with E-state index in [4.69, 9.17) is 0 Å². The molecule has 0 spiro atoms. The third-order valence-electron chi connectivity index (χ3n) is 5.38. The van der Waals surface area contributed by atoms with Crippen LogP contribution in [0.2, 0.25) is 0 Å². The molecule has 1 amide bonds. The molecule has 0 saturated carbocycles. The van der Waals surface area contributed by atoms with E-state index in [-0.39, 0.29) is 17.2 Å². The van der Waals surface area contributed by atoms with E-state index < -0.39 is 5.25 Å². The predicted molar refractivity (Wildman–Crippen MR) is 132 cm³/mol. The maximum atomic E-state index is 13.2. The molecule has 0 fully saturated rings. The molecule has 7 nitrogen and oxygen atoms in total. The molecule has 1 atom stereocenters. The van der Waals surface area contributed by atoms with Crippen molar-refractivity contribution < 1.29 is 4.79 Å². The highest BCUT2D eigenvalue weighted by Crippen LogP contribution is 2.28. The number of anilines is 1. The summed E-state index contributed by atoms with van der Waals surface area (Å²) in [4.78, 5) is 30.9. The second kappa shape index (κ2) is 10.5. The molecule has 1 aromatic carbocycles. The highest BCUT2D eigenvalue weighted by Gasteiger charge is 2.24. The first-order valence-electron chi connectivity index (χ1n) is 11.0. The van der Waals surface area contributed by atoms with Crippen LogP contribution in [0, 0.1) is 24.2 Å². The number of hydrogen-bond acceptors (Lipinski definition) is 5. The molecule has 0 aliphatic rings. The number of pyridine rings is 1. The van der Waals surface area contributed by atoms with Gasteiger partial charge in [0, 0.05) is 12.7 Å². The van der Waals surface area contributed by atoms with Crippen molar-refractivity contribution in [1.82, 2.24) is 14.3 Å². The Morgan fingerprint density at radius 2 is 1.91 bits per heavy atom. The van der Waals surface area contributed by atoms with E-state index in [1.807, 2.05) is 43.3 Å². The Labute approximate surface area is 198 Å². The van der Waals surface area contributed by atoms with Crippen LogP contribution in [0.3, 0.4) is 0 Å². The second-order valence-corrected chi connectivity index (χ2v) is 9.50. The van der Waals surface area contributed by atoms with Gasteiger partial charge >= 0.3 is 0 Å². The lowest BCUT2D eigenvalue weighted by Crippen LogP contribution is -2.28. The van der Waals surface area contributed by atoms with E-state index in [9.17, 15) is 14.9 Å². The molecule has 3 aromatic rings. The van der Waals surface area contributed by atoms with Crippen LogP contribution in [0.1, 0.15) is 44.1 Å². The standard InChI is InChI=1S/C25H29N5O2S/c1-6-21(33-24-18(15-26)12-13-19(27-24)14-16(2)3)23(31)28-22-17(4)29(5)30(25(22)32)20-10-8-7-9-11-20/h7-13,16,21H,6,14H2,1-5H3,(H,28,31). The van der Waals surface area contributed by atoms with Gasteiger partial charge in [-0.25, -0.2) is 9.67 Å². The number of hydrogen-bond donors (Lipinski definition) is 1. The van der Waals surface area contributed by atoms with Crippen molar-refractivity contribution >= 4 is 23.4 Å². The summed E-state index contributed by atoms with van der Waals surface area (Å²) in [5, 5.41) is 12.4. The molecule has 1 N–H and O–H groups in total. The molecular formula is C25H29N5O2S. The smallest absolute Gasteiger partial charge is 0.295 e. The van der Waals surface area contributed by atoms with Crippen molar-refractivity contribution in [2.45, 2.75) is 50.8 Å². The summed E-state index contributed by atoms with van der Waals surface area (Å²) in [5.74, 6) is 0.148. The van der Waals surface area contributed by atoms with Crippen LogP contribution in [0.5, 0.6) is 0 Å². The Bertz CT molecular complexity index is 1240. The van der Waals surface area contributed by atoms with Crippen molar-refractivity contribution in [1.29, 1.82) is 5.26 Å². The summed E-state index contributed by atoms with van der Waals surface area (Å²) >= 11 is 1.27. The van der Waals surface area contributed by atoms with Crippen LogP contribution < -0.4 is 10.9 Å². The van der Waals surface area contributed by atoms with E-state index in [0.717, 1.165) is 17.8 Å². The Balaban J connectivity index is 1.87. The van der Waals surface area contributed by atoms with Gasteiger partial charge in [0.15, 0.2) is 0 Å². The third-order valence-corrected chi connectivity index (χ3v) is 6.74. The number of carbonyl (C=O) groups is 1. The number of nitrogens with one attached hydrogen (secondary N) is 1. The van der Waals surface area contributed by atoms with E-state index in [1.165, 1.54) is 16.4 Å². The summed E-state index contributed by atoms with van der Waals surface area (Å²) in [7, 11) is 1.79. The number of thioether (sulfide) groups is 1. The van der Waals surface area contributed by atoms with Gasteiger partial charge in [-0.3, -0.25) is 14.3 Å². The van der Waals surface area contributed by atoms with Gasteiger partial charge in [-0.1, -0.05) is 50.7 Å². The quantitative estimate of drug-likeness (QED) is 0.498. The second-order valence-electron chi connectivity index (χ2n) is 8.31. The zero-order valence-corrected chi connectivity index (χ0v) is 20.4. The lowest BCUT2D eigenvalue weighted by molar-refractivity contribution is -0.115. The van der Waals surface area contributed by atoms with Crippen molar-refractivity contribution in [3.05, 3.63) is 69.8 Å². The van der Waals surface area contributed by atoms with Gasteiger partial charge in [-0.15, -0.1) is 0 Å². The molecule has 0 bridgehead atoms. The molecule has 0 aliphatic heterocycles. The number of aromatic nitrogens is 3. The summed E-state index contributed by atoms with van der Waals surface area (Å²) < 4.78 is 3.26. The van der Waals surface area contributed by atoms with Crippen LogP contribution in [-0.2, 0) is 18.3 Å². The monoisotopic (exact) mass is 463 g/mol. The summed E-state index contributed by atoms with van der Waals surface area (Å²) in [5.41, 5.74) is 2.69. The van der Waals surface area contributed by atoms with Gasteiger partial charge in [0.25, 0.3) is 5.56 Å². The van der Waals surface area contributed by atoms with Crippen molar-refractivity contribution in [2.75, 3.05) is 5.32 Å². The number of nitriles is 1. The minimum absolute atomic E-state index is 0.257. The largest absolute Gasteiger partial charge is 0.319 e.